The second-order valence-electron chi connectivity index (χ2n) is 3.76. The SMILES string of the molecule is CCc1cc(C)c2cccc(C)c2n1. The normalized spacial score (nSPS) is 10.8. The number of aryl methyl sites for hydroxylation is 3. The molecule has 1 heteroatoms. The highest BCUT2D eigenvalue weighted by molar-refractivity contribution is 5.84. The lowest BCUT2D eigenvalue weighted by Crippen LogP contribution is -1.92. The first-order valence-electron chi connectivity index (χ1n) is 5.08. The van der Waals surface area contributed by atoms with E-state index in [1.54, 1.807) is 0 Å². The molecular weight excluding hydrogens is 170 g/mol. The molecule has 0 aliphatic heterocycles. The molecule has 2 aromatic rings. The number of benzene rings is 1. The van der Waals surface area contributed by atoms with Crippen LogP contribution in [-0.2, 0) is 6.42 Å². The zero-order chi connectivity index (χ0) is 10.1. The Hall–Kier alpha value is -1.37. The molecule has 0 amide bonds. The summed E-state index contributed by atoms with van der Waals surface area (Å²) in [6.07, 6.45) is 1.01. The van der Waals surface area contributed by atoms with Gasteiger partial charge in [0.25, 0.3) is 0 Å². The van der Waals surface area contributed by atoms with E-state index in [-0.39, 0.29) is 0 Å². The van der Waals surface area contributed by atoms with Crippen LogP contribution >= 0.6 is 0 Å². The van der Waals surface area contributed by atoms with E-state index in [2.05, 4.69) is 50.0 Å². The zero-order valence-electron chi connectivity index (χ0n) is 8.96. The van der Waals surface area contributed by atoms with Gasteiger partial charge < -0.3 is 0 Å². The van der Waals surface area contributed by atoms with Crippen LogP contribution in [0.1, 0.15) is 23.7 Å². The summed E-state index contributed by atoms with van der Waals surface area (Å²) in [5, 5.41) is 1.28. The second-order valence-corrected chi connectivity index (χ2v) is 3.76. The third kappa shape index (κ3) is 1.39. The fourth-order valence-electron chi connectivity index (χ4n) is 1.81. The quantitative estimate of drug-likeness (QED) is 0.663. The van der Waals surface area contributed by atoms with E-state index in [1.807, 2.05) is 0 Å². The lowest BCUT2D eigenvalue weighted by atomic mass is 10.1. The standard InChI is InChI=1S/C13H15N/c1-4-11-8-10(3)12-7-5-6-9(2)13(12)14-11/h5-8H,4H2,1-3H3. The van der Waals surface area contributed by atoms with Gasteiger partial charge in [0.15, 0.2) is 0 Å². The topological polar surface area (TPSA) is 12.9 Å². The molecule has 14 heavy (non-hydrogen) atoms. The third-order valence-corrected chi connectivity index (χ3v) is 2.66. The van der Waals surface area contributed by atoms with Gasteiger partial charge in [0, 0.05) is 11.1 Å². The maximum Gasteiger partial charge on any atom is 0.0737 e. The molecule has 0 spiro atoms. The van der Waals surface area contributed by atoms with E-state index in [4.69, 9.17) is 0 Å². The van der Waals surface area contributed by atoms with E-state index in [9.17, 15) is 0 Å². The molecule has 1 heterocycles. The Morgan fingerprint density at radius 3 is 2.64 bits per heavy atom. The Bertz CT molecular complexity index is 472. The summed E-state index contributed by atoms with van der Waals surface area (Å²) < 4.78 is 0. The lowest BCUT2D eigenvalue weighted by molar-refractivity contribution is 1.05. The minimum Gasteiger partial charge on any atom is -0.253 e. The molecule has 0 saturated heterocycles. The van der Waals surface area contributed by atoms with Crippen molar-refractivity contribution < 1.29 is 0 Å². The third-order valence-electron chi connectivity index (χ3n) is 2.66. The summed E-state index contributed by atoms with van der Waals surface area (Å²) in [6, 6.07) is 8.54. The van der Waals surface area contributed by atoms with Crippen molar-refractivity contribution in [3.63, 3.8) is 0 Å². The van der Waals surface area contributed by atoms with Crippen LogP contribution in [0.25, 0.3) is 10.9 Å². The largest absolute Gasteiger partial charge is 0.253 e. The number of nitrogens with zero attached hydrogens (tertiary/aromatic N) is 1. The smallest absolute Gasteiger partial charge is 0.0737 e. The Labute approximate surface area is 84.8 Å². The van der Waals surface area contributed by atoms with Crippen molar-refractivity contribution >= 4 is 10.9 Å². The van der Waals surface area contributed by atoms with Gasteiger partial charge in [-0.15, -0.1) is 0 Å². The predicted octanol–water partition coefficient (Wildman–Crippen LogP) is 3.41. The fraction of sp³-hybridized carbons (Fsp3) is 0.308. The summed E-state index contributed by atoms with van der Waals surface area (Å²) in [6.45, 7) is 6.42. The van der Waals surface area contributed by atoms with Crippen LogP contribution in [0, 0.1) is 13.8 Å². The van der Waals surface area contributed by atoms with E-state index in [1.165, 1.54) is 22.2 Å². The molecule has 0 aliphatic rings. The van der Waals surface area contributed by atoms with Crippen molar-refractivity contribution in [1.82, 2.24) is 4.98 Å². The molecule has 0 bridgehead atoms. The molecule has 1 aromatic carbocycles. The van der Waals surface area contributed by atoms with Gasteiger partial charge in [-0.25, -0.2) is 0 Å². The van der Waals surface area contributed by atoms with E-state index in [0.717, 1.165) is 11.9 Å². The predicted molar refractivity (Wildman–Crippen MR) is 60.6 cm³/mol. The highest BCUT2D eigenvalue weighted by Crippen LogP contribution is 2.20. The Kier molecular flexibility index (Phi) is 2.24. The van der Waals surface area contributed by atoms with Crippen LogP contribution in [-0.4, -0.2) is 4.98 Å². The number of aromatic nitrogens is 1. The van der Waals surface area contributed by atoms with Crippen LogP contribution in [0.15, 0.2) is 24.3 Å². The average molecular weight is 185 g/mol. The maximum atomic E-state index is 4.65. The van der Waals surface area contributed by atoms with E-state index < -0.39 is 0 Å². The van der Waals surface area contributed by atoms with Gasteiger partial charge in [-0.2, -0.15) is 0 Å². The van der Waals surface area contributed by atoms with Crippen molar-refractivity contribution in [3.05, 3.63) is 41.1 Å². The van der Waals surface area contributed by atoms with Gasteiger partial charge in [0.2, 0.25) is 0 Å². The van der Waals surface area contributed by atoms with Crippen molar-refractivity contribution in [2.45, 2.75) is 27.2 Å². The van der Waals surface area contributed by atoms with Crippen molar-refractivity contribution in [1.29, 1.82) is 0 Å². The number of fused-ring (bicyclic) bond motifs is 1. The van der Waals surface area contributed by atoms with Gasteiger partial charge in [-0.1, -0.05) is 25.1 Å². The summed E-state index contributed by atoms with van der Waals surface area (Å²) in [5.74, 6) is 0. The molecule has 0 saturated carbocycles. The maximum absolute atomic E-state index is 4.65. The molecule has 0 fully saturated rings. The molecule has 1 aromatic heterocycles. The Balaban J connectivity index is 2.83. The van der Waals surface area contributed by atoms with Gasteiger partial charge in [-0.3, -0.25) is 4.98 Å². The molecular formula is C13H15N. The van der Waals surface area contributed by atoms with Crippen LogP contribution < -0.4 is 0 Å². The van der Waals surface area contributed by atoms with Gasteiger partial charge in [0.05, 0.1) is 5.52 Å². The van der Waals surface area contributed by atoms with Crippen LogP contribution in [0.5, 0.6) is 0 Å². The summed E-state index contributed by atoms with van der Waals surface area (Å²) >= 11 is 0. The molecule has 72 valence electrons. The minimum atomic E-state index is 1.01. The van der Waals surface area contributed by atoms with E-state index in [0.29, 0.717) is 0 Å². The summed E-state index contributed by atoms with van der Waals surface area (Å²) in [5.41, 5.74) is 4.94. The molecule has 0 radical (unpaired) electrons. The van der Waals surface area contributed by atoms with Crippen LogP contribution in [0.3, 0.4) is 0 Å². The number of hydrogen-bond acceptors (Lipinski definition) is 1. The van der Waals surface area contributed by atoms with E-state index >= 15 is 0 Å². The minimum absolute atomic E-state index is 1.01. The van der Waals surface area contributed by atoms with Crippen molar-refractivity contribution in [2.75, 3.05) is 0 Å². The van der Waals surface area contributed by atoms with Gasteiger partial charge >= 0.3 is 0 Å². The van der Waals surface area contributed by atoms with Gasteiger partial charge in [0.1, 0.15) is 0 Å². The second kappa shape index (κ2) is 3.41. The molecule has 0 aliphatic carbocycles. The summed E-state index contributed by atoms with van der Waals surface area (Å²) in [7, 11) is 0. The highest BCUT2D eigenvalue weighted by atomic mass is 14.7. The molecule has 2 rings (SSSR count). The Morgan fingerprint density at radius 2 is 1.93 bits per heavy atom. The first-order chi connectivity index (χ1) is 6.72. The van der Waals surface area contributed by atoms with Crippen LogP contribution in [0.2, 0.25) is 0 Å². The molecule has 0 atom stereocenters. The number of pyridine rings is 1. The average Bonchev–Trinajstić information content (AvgIpc) is 2.19. The first kappa shape index (κ1) is 9.20. The Morgan fingerprint density at radius 1 is 1.14 bits per heavy atom. The van der Waals surface area contributed by atoms with Crippen LogP contribution in [0.4, 0.5) is 0 Å². The molecule has 1 nitrogen and oxygen atoms in total. The van der Waals surface area contributed by atoms with Crippen molar-refractivity contribution in [3.8, 4) is 0 Å². The zero-order valence-corrected chi connectivity index (χ0v) is 8.96. The molecule has 0 N–H and O–H groups in total. The number of para-hydroxylation sites is 1. The number of rotatable bonds is 1. The highest BCUT2D eigenvalue weighted by Gasteiger charge is 2.02. The fourth-order valence-corrected chi connectivity index (χ4v) is 1.81. The summed E-state index contributed by atoms with van der Waals surface area (Å²) in [4.78, 5) is 4.65. The monoisotopic (exact) mass is 185 g/mol. The van der Waals surface area contributed by atoms with Gasteiger partial charge in [-0.05, 0) is 37.5 Å². The van der Waals surface area contributed by atoms with Crippen molar-refractivity contribution in [2.24, 2.45) is 0 Å². The first-order valence-corrected chi connectivity index (χ1v) is 5.08. The lowest BCUT2D eigenvalue weighted by Gasteiger charge is -2.06. The number of hydrogen-bond donors (Lipinski definition) is 0. The molecule has 0 unspecified atom stereocenters.